The summed E-state index contributed by atoms with van der Waals surface area (Å²) in [7, 11) is 0. The quantitative estimate of drug-likeness (QED) is 0.746. The summed E-state index contributed by atoms with van der Waals surface area (Å²) in [6, 6.07) is 1.85. The van der Waals surface area contributed by atoms with Crippen LogP contribution in [0.5, 0.6) is 0 Å². The maximum absolute atomic E-state index is 11.2. The van der Waals surface area contributed by atoms with E-state index in [1.807, 2.05) is 16.8 Å². The summed E-state index contributed by atoms with van der Waals surface area (Å²) >= 11 is 1.52. The molecule has 5 nitrogen and oxygen atoms in total. The van der Waals surface area contributed by atoms with E-state index in [9.17, 15) is 4.79 Å². The first-order valence-corrected chi connectivity index (χ1v) is 5.29. The normalized spacial score (nSPS) is 10.2. The number of aromatic nitrogens is 2. The fourth-order valence-electron chi connectivity index (χ4n) is 1.01. The topological polar surface area (TPSA) is 65.2 Å². The van der Waals surface area contributed by atoms with Crippen molar-refractivity contribution >= 4 is 17.3 Å². The zero-order chi connectivity index (χ0) is 10.7. The molecule has 0 aromatic carbocycles. The van der Waals surface area contributed by atoms with E-state index < -0.39 is 5.97 Å². The lowest BCUT2D eigenvalue weighted by molar-refractivity contribution is 0.0470. The maximum atomic E-state index is 11.2. The molecule has 2 heterocycles. The van der Waals surface area contributed by atoms with Crippen LogP contribution in [0.2, 0.25) is 0 Å². The van der Waals surface area contributed by atoms with Crippen molar-refractivity contribution in [1.82, 2.24) is 10.1 Å². The lowest BCUT2D eigenvalue weighted by Crippen LogP contribution is -2.04. The minimum atomic E-state index is -0.591. The molecular weight excluding hydrogens is 216 g/mol. The summed E-state index contributed by atoms with van der Waals surface area (Å²) < 4.78 is 9.50. The molecule has 0 spiro atoms. The number of hydrogen-bond donors (Lipinski definition) is 0. The van der Waals surface area contributed by atoms with Gasteiger partial charge in [0.15, 0.2) is 0 Å². The molecule has 0 radical (unpaired) electrons. The molecule has 6 heteroatoms. The summed E-state index contributed by atoms with van der Waals surface area (Å²) in [5.74, 6) is -0.302. The molecule has 0 aliphatic rings. The van der Waals surface area contributed by atoms with Gasteiger partial charge in [-0.25, -0.2) is 4.79 Å². The van der Waals surface area contributed by atoms with Gasteiger partial charge in [0.2, 0.25) is 5.82 Å². The number of hydrogen-bond acceptors (Lipinski definition) is 6. The molecule has 2 aromatic rings. The third-order valence-corrected chi connectivity index (χ3v) is 2.34. The minimum Gasteiger partial charge on any atom is -0.459 e. The van der Waals surface area contributed by atoms with Crippen molar-refractivity contribution in [2.24, 2.45) is 0 Å². The van der Waals surface area contributed by atoms with Crippen LogP contribution in [0.15, 0.2) is 21.3 Å². The van der Waals surface area contributed by atoms with Gasteiger partial charge in [0.1, 0.15) is 0 Å². The van der Waals surface area contributed by atoms with Gasteiger partial charge in [-0.2, -0.15) is 16.3 Å². The van der Waals surface area contributed by atoms with E-state index >= 15 is 0 Å². The van der Waals surface area contributed by atoms with E-state index in [1.54, 1.807) is 6.92 Å². The van der Waals surface area contributed by atoms with Gasteiger partial charge in [-0.3, -0.25) is 0 Å². The Balaban J connectivity index is 2.21. The highest BCUT2D eigenvalue weighted by Gasteiger charge is 2.16. The van der Waals surface area contributed by atoms with Crippen LogP contribution < -0.4 is 0 Å². The fraction of sp³-hybridized carbons (Fsp3) is 0.222. The number of ether oxygens (including phenoxy) is 1. The van der Waals surface area contributed by atoms with Crippen molar-refractivity contribution in [2.75, 3.05) is 6.61 Å². The predicted molar refractivity (Wildman–Crippen MR) is 53.6 cm³/mol. The second-order valence-electron chi connectivity index (χ2n) is 2.66. The third kappa shape index (κ3) is 2.04. The average Bonchev–Trinajstić information content (AvgIpc) is 2.89. The van der Waals surface area contributed by atoms with Crippen LogP contribution in [0, 0.1) is 0 Å². The van der Waals surface area contributed by atoms with Gasteiger partial charge >= 0.3 is 11.9 Å². The van der Waals surface area contributed by atoms with Crippen molar-refractivity contribution in [2.45, 2.75) is 6.92 Å². The summed E-state index contributed by atoms with van der Waals surface area (Å²) in [6.45, 7) is 2.00. The van der Waals surface area contributed by atoms with Crippen LogP contribution in [0.4, 0.5) is 0 Å². The molecule has 0 saturated carbocycles. The molecule has 0 fully saturated rings. The molecule has 0 aliphatic heterocycles. The van der Waals surface area contributed by atoms with E-state index in [0.717, 1.165) is 5.56 Å². The predicted octanol–water partition coefficient (Wildman–Crippen LogP) is 1.97. The molecule has 0 saturated heterocycles. The van der Waals surface area contributed by atoms with E-state index in [4.69, 9.17) is 9.26 Å². The second-order valence-corrected chi connectivity index (χ2v) is 3.44. The van der Waals surface area contributed by atoms with Crippen LogP contribution in [-0.2, 0) is 4.74 Å². The number of thiophene rings is 1. The number of esters is 1. The molecule has 2 aromatic heterocycles. The summed E-state index contributed by atoms with van der Waals surface area (Å²) in [5.41, 5.74) is 0.833. The van der Waals surface area contributed by atoms with Gasteiger partial charge in [0, 0.05) is 10.9 Å². The lowest BCUT2D eigenvalue weighted by Gasteiger charge is -1.93. The SMILES string of the molecule is CCOC(=O)c1nc(-c2ccsc2)no1. The molecule has 78 valence electrons. The molecule has 0 atom stereocenters. The van der Waals surface area contributed by atoms with E-state index in [2.05, 4.69) is 10.1 Å². The average molecular weight is 224 g/mol. The summed E-state index contributed by atoms with van der Waals surface area (Å²) in [6.07, 6.45) is 0. The Morgan fingerprint density at radius 2 is 2.53 bits per heavy atom. The van der Waals surface area contributed by atoms with E-state index in [-0.39, 0.29) is 12.5 Å². The monoisotopic (exact) mass is 224 g/mol. The molecule has 0 bridgehead atoms. The van der Waals surface area contributed by atoms with Gasteiger partial charge < -0.3 is 9.26 Å². The molecule has 15 heavy (non-hydrogen) atoms. The Morgan fingerprint density at radius 3 is 3.20 bits per heavy atom. The van der Waals surface area contributed by atoms with E-state index in [1.165, 1.54) is 11.3 Å². The van der Waals surface area contributed by atoms with Crippen molar-refractivity contribution in [3.63, 3.8) is 0 Å². The second kappa shape index (κ2) is 4.22. The van der Waals surface area contributed by atoms with Gasteiger partial charge in [0.25, 0.3) is 0 Å². The highest BCUT2D eigenvalue weighted by atomic mass is 32.1. The van der Waals surface area contributed by atoms with Gasteiger partial charge in [-0.05, 0) is 18.4 Å². The number of nitrogens with zero attached hydrogens (tertiary/aromatic N) is 2. The van der Waals surface area contributed by atoms with E-state index in [0.29, 0.717) is 5.82 Å². The number of rotatable bonds is 3. The van der Waals surface area contributed by atoms with Crippen LogP contribution in [0.1, 0.15) is 17.6 Å². The Hall–Kier alpha value is -1.69. The number of carbonyl (C=O) groups is 1. The Kier molecular flexibility index (Phi) is 2.77. The van der Waals surface area contributed by atoms with Crippen molar-refractivity contribution in [3.05, 3.63) is 22.7 Å². The number of carbonyl (C=O) groups excluding carboxylic acids is 1. The van der Waals surface area contributed by atoms with Gasteiger partial charge in [0.05, 0.1) is 6.61 Å². The zero-order valence-corrected chi connectivity index (χ0v) is 8.78. The standard InChI is InChI=1S/C9H8N2O3S/c1-2-13-9(12)8-10-7(11-14-8)6-3-4-15-5-6/h3-5H,2H2,1H3. The van der Waals surface area contributed by atoms with Crippen LogP contribution >= 0.6 is 11.3 Å². The van der Waals surface area contributed by atoms with Gasteiger partial charge in [-0.15, -0.1) is 0 Å². The third-order valence-electron chi connectivity index (χ3n) is 1.66. The van der Waals surface area contributed by atoms with Crippen molar-refractivity contribution < 1.29 is 14.1 Å². The molecule has 0 N–H and O–H groups in total. The first-order valence-electron chi connectivity index (χ1n) is 4.34. The van der Waals surface area contributed by atoms with Crippen molar-refractivity contribution in [3.8, 4) is 11.4 Å². The molecule has 2 rings (SSSR count). The zero-order valence-electron chi connectivity index (χ0n) is 7.97. The van der Waals surface area contributed by atoms with Crippen LogP contribution in [0.25, 0.3) is 11.4 Å². The largest absolute Gasteiger partial charge is 0.459 e. The smallest absolute Gasteiger partial charge is 0.397 e. The minimum absolute atomic E-state index is 0.113. The Labute approximate surface area is 89.7 Å². The Bertz CT molecular complexity index is 450. The van der Waals surface area contributed by atoms with Gasteiger partial charge in [-0.1, -0.05) is 5.16 Å². The fourth-order valence-corrected chi connectivity index (χ4v) is 1.64. The molecular formula is C9H8N2O3S. The van der Waals surface area contributed by atoms with Crippen LogP contribution in [0.3, 0.4) is 0 Å². The molecule has 0 unspecified atom stereocenters. The summed E-state index contributed by atoms with van der Waals surface area (Å²) in [4.78, 5) is 15.1. The van der Waals surface area contributed by atoms with Crippen molar-refractivity contribution in [1.29, 1.82) is 0 Å². The summed E-state index contributed by atoms with van der Waals surface area (Å²) in [5, 5.41) is 7.46. The first-order chi connectivity index (χ1) is 7.31. The maximum Gasteiger partial charge on any atom is 0.397 e. The van der Waals surface area contributed by atoms with Crippen LogP contribution in [-0.4, -0.2) is 22.7 Å². The first kappa shape index (κ1) is 9.85. The Morgan fingerprint density at radius 1 is 1.67 bits per heavy atom. The lowest BCUT2D eigenvalue weighted by atomic mass is 10.3. The molecule has 0 amide bonds. The highest BCUT2D eigenvalue weighted by Crippen LogP contribution is 2.18. The molecule has 0 aliphatic carbocycles. The highest BCUT2D eigenvalue weighted by molar-refractivity contribution is 7.08.